The molecular formula is C18H22N4O. The number of rotatable bonds is 4. The van der Waals surface area contributed by atoms with Crippen LogP contribution in [0.1, 0.15) is 29.3 Å². The lowest BCUT2D eigenvalue weighted by Crippen LogP contribution is -2.37. The average Bonchev–Trinajstić information content (AvgIpc) is 2.57. The Hall–Kier alpha value is -2.56. The van der Waals surface area contributed by atoms with Crippen LogP contribution in [0.25, 0.3) is 0 Å². The second-order valence-electron chi connectivity index (χ2n) is 5.70. The molecule has 3 N–H and O–H groups in total. The smallest absolute Gasteiger partial charge is 0.189 e. The topological polar surface area (TPSA) is 72.5 Å². The Morgan fingerprint density at radius 2 is 2.22 bits per heavy atom. The van der Waals surface area contributed by atoms with Gasteiger partial charge in [-0.2, -0.15) is 0 Å². The Kier molecular flexibility index (Phi) is 4.76. The Balaban J connectivity index is 1.57. The van der Waals surface area contributed by atoms with Gasteiger partial charge in [0.15, 0.2) is 5.96 Å². The molecule has 0 aliphatic carbocycles. The number of aliphatic imine (C=N–C) groups is 1. The van der Waals surface area contributed by atoms with Gasteiger partial charge in [-0.3, -0.25) is 9.98 Å². The van der Waals surface area contributed by atoms with Crippen molar-refractivity contribution in [1.29, 1.82) is 0 Å². The Morgan fingerprint density at radius 1 is 1.35 bits per heavy atom. The molecule has 0 saturated heterocycles. The van der Waals surface area contributed by atoms with Crippen molar-refractivity contribution >= 4 is 5.96 Å². The first-order valence-corrected chi connectivity index (χ1v) is 7.92. The Labute approximate surface area is 136 Å². The number of fused-ring (bicyclic) bond motifs is 1. The van der Waals surface area contributed by atoms with Crippen LogP contribution in [0.3, 0.4) is 0 Å². The number of benzene rings is 1. The fourth-order valence-electron chi connectivity index (χ4n) is 2.67. The predicted octanol–water partition coefficient (Wildman–Crippen LogP) is 2.36. The summed E-state index contributed by atoms with van der Waals surface area (Å²) in [5.74, 6) is 1.40. The monoisotopic (exact) mass is 310 g/mol. The van der Waals surface area contributed by atoms with E-state index in [1.54, 1.807) is 0 Å². The summed E-state index contributed by atoms with van der Waals surface area (Å²) in [4.78, 5) is 8.71. The van der Waals surface area contributed by atoms with Gasteiger partial charge in [-0.25, -0.2) is 0 Å². The van der Waals surface area contributed by atoms with Crippen LogP contribution in [-0.2, 0) is 6.42 Å². The normalized spacial score (nSPS) is 17.3. The van der Waals surface area contributed by atoms with Gasteiger partial charge < -0.3 is 15.8 Å². The van der Waals surface area contributed by atoms with Gasteiger partial charge in [-0.1, -0.05) is 24.3 Å². The minimum absolute atomic E-state index is 0.157. The summed E-state index contributed by atoms with van der Waals surface area (Å²) < 4.78 is 5.66. The van der Waals surface area contributed by atoms with Crippen LogP contribution < -0.4 is 15.8 Å². The zero-order valence-electron chi connectivity index (χ0n) is 13.3. The standard InChI is InChI=1S/C18H22N4O/c1-13-6-7-14(12-21-13)8-10-20-18(19)22-16-9-11-23-17-5-3-2-4-15(16)17/h2-7,12,16H,8-11H2,1H3,(H3,19,20,22). The number of aromatic nitrogens is 1. The molecule has 120 valence electrons. The molecule has 1 aromatic heterocycles. The van der Waals surface area contributed by atoms with E-state index in [9.17, 15) is 0 Å². The SMILES string of the molecule is Cc1ccc(CCN=C(N)NC2CCOc3ccccc32)cn1. The summed E-state index contributed by atoms with van der Waals surface area (Å²) >= 11 is 0. The van der Waals surface area contributed by atoms with Crippen molar-refractivity contribution in [3.8, 4) is 5.75 Å². The maximum absolute atomic E-state index is 6.03. The van der Waals surface area contributed by atoms with Crippen molar-refractivity contribution in [2.75, 3.05) is 13.2 Å². The van der Waals surface area contributed by atoms with E-state index in [2.05, 4.69) is 27.4 Å². The maximum Gasteiger partial charge on any atom is 0.189 e. The van der Waals surface area contributed by atoms with Crippen LogP contribution >= 0.6 is 0 Å². The van der Waals surface area contributed by atoms with Gasteiger partial charge >= 0.3 is 0 Å². The molecule has 23 heavy (non-hydrogen) atoms. The van der Waals surface area contributed by atoms with E-state index in [1.807, 2.05) is 37.4 Å². The third-order valence-electron chi connectivity index (χ3n) is 3.94. The Morgan fingerprint density at radius 3 is 3.04 bits per heavy atom. The third-order valence-corrected chi connectivity index (χ3v) is 3.94. The van der Waals surface area contributed by atoms with E-state index in [-0.39, 0.29) is 6.04 Å². The molecule has 1 unspecified atom stereocenters. The lowest BCUT2D eigenvalue weighted by molar-refractivity contribution is 0.262. The average molecular weight is 310 g/mol. The van der Waals surface area contributed by atoms with Crippen molar-refractivity contribution in [2.24, 2.45) is 10.7 Å². The summed E-state index contributed by atoms with van der Waals surface area (Å²) in [5.41, 5.74) is 9.37. The highest BCUT2D eigenvalue weighted by Crippen LogP contribution is 2.31. The molecule has 5 heteroatoms. The number of nitrogens with two attached hydrogens (primary N) is 1. The number of hydrogen-bond donors (Lipinski definition) is 2. The van der Waals surface area contributed by atoms with E-state index >= 15 is 0 Å². The summed E-state index contributed by atoms with van der Waals surface area (Å²) in [7, 11) is 0. The van der Waals surface area contributed by atoms with Gasteiger partial charge in [0.05, 0.1) is 12.6 Å². The van der Waals surface area contributed by atoms with Crippen LogP contribution in [0.2, 0.25) is 0 Å². The third kappa shape index (κ3) is 4.00. The molecule has 0 bridgehead atoms. The zero-order valence-corrected chi connectivity index (χ0v) is 13.3. The van der Waals surface area contributed by atoms with E-state index in [1.165, 1.54) is 5.56 Å². The molecule has 0 spiro atoms. The minimum atomic E-state index is 0.157. The van der Waals surface area contributed by atoms with E-state index < -0.39 is 0 Å². The largest absolute Gasteiger partial charge is 0.493 e. The molecule has 1 atom stereocenters. The second-order valence-corrected chi connectivity index (χ2v) is 5.70. The van der Waals surface area contributed by atoms with Gasteiger partial charge in [-0.05, 0) is 31.0 Å². The molecule has 0 saturated carbocycles. The summed E-state index contributed by atoms with van der Waals surface area (Å²) in [6.07, 6.45) is 3.61. The molecule has 5 nitrogen and oxygen atoms in total. The number of aryl methyl sites for hydroxylation is 1. The van der Waals surface area contributed by atoms with Gasteiger partial charge in [-0.15, -0.1) is 0 Å². The molecule has 2 heterocycles. The molecule has 0 amide bonds. The molecule has 1 aromatic carbocycles. The van der Waals surface area contributed by atoms with Crippen LogP contribution in [0, 0.1) is 6.92 Å². The van der Waals surface area contributed by atoms with Gasteiger partial charge in [0.2, 0.25) is 0 Å². The number of nitrogens with zero attached hydrogens (tertiary/aromatic N) is 2. The lowest BCUT2D eigenvalue weighted by Gasteiger charge is -2.26. The van der Waals surface area contributed by atoms with Crippen LogP contribution in [0.15, 0.2) is 47.6 Å². The number of guanidine groups is 1. The summed E-state index contributed by atoms with van der Waals surface area (Å²) in [6.45, 7) is 3.32. The van der Waals surface area contributed by atoms with E-state index in [0.29, 0.717) is 19.1 Å². The quantitative estimate of drug-likeness (QED) is 0.672. The summed E-state index contributed by atoms with van der Waals surface area (Å²) in [6, 6.07) is 12.3. The molecule has 0 fully saturated rings. The molecule has 3 rings (SSSR count). The number of nitrogens with one attached hydrogen (secondary N) is 1. The zero-order chi connectivity index (χ0) is 16.1. The van der Waals surface area contributed by atoms with Crippen molar-refractivity contribution < 1.29 is 4.74 Å². The lowest BCUT2D eigenvalue weighted by atomic mass is 10.0. The molecule has 1 aliphatic heterocycles. The minimum Gasteiger partial charge on any atom is -0.493 e. The van der Waals surface area contributed by atoms with Crippen molar-refractivity contribution in [3.05, 3.63) is 59.4 Å². The highest BCUT2D eigenvalue weighted by Gasteiger charge is 2.21. The number of pyridine rings is 1. The summed E-state index contributed by atoms with van der Waals surface area (Å²) in [5, 5.41) is 3.30. The fourth-order valence-corrected chi connectivity index (χ4v) is 2.67. The van der Waals surface area contributed by atoms with Gasteiger partial charge in [0.1, 0.15) is 5.75 Å². The predicted molar refractivity (Wildman–Crippen MR) is 91.6 cm³/mol. The van der Waals surface area contributed by atoms with Crippen molar-refractivity contribution in [3.63, 3.8) is 0 Å². The van der Waals surface area contributed by atoms with Gasteiger partial charge in [0, 0.05) is 30.4 Å². The molecule has 2 aromatic rings. The van der Waals surface area contributed by atoms with Crippen molar-refractivity contribution in [1.82, 2.24) is 10.3 Å². The molecular weight excluding hydrogens is 288 g/mol. The number of ether oxygens (including phenoxy) is 1. The van der Waals surface area contributed by atoms with Gasteiger partial charge in [0.25, 0.3) is 0 Å². The second kappa shape index (κ2) is 7.13. The number of hydrogen-bond acceptors (Lipinski definition) is 3. The highest BCUT2D eigenvalue weighted by molar-refractivity contribution is 5.78. The first-order chi connectivity index (χ1) is 11.2. The first-order valence-electron chi connectivity index (χ1n) is 7.92. The van der Waals surface area contributed by atoms with E-state index in [4.69, 9.17) is 10.5 Å². The molecule has 0 radical (unpaired) electrons. The van der Waals surface area contributed by atoms with Crippen LogP contribution in [-0.4, -0.2) is 24.1 Å². The maximum atomic E-state index is 6.03. The van der Waals surface area contributed by atoms with Crippen LogP contribution in [0.4, 0.5) is 0 Å². The number of para-hydroxylation sites is 1. The van der Waals surface area contributed by atoms with Crippen molar-refractivity contribution in [2.45, 2.75) is 25.8 Å². The fraction of sp³-hybridized carbons (Fsp3) is 0.333. The Bertz CT molecular complexity index is 682. The van der Waals surface area contributed by atoms with Crippen LogP contribution in [0.5, 0.6) is 5.75 Å². The highest BCUT2D eigenvalue weighted by atomic mass is 16.5. The first kappa shape index (κ1) is 15.3. The van der Waals surface area contributed by atoms with E-state index in [0.717, 1.165) is 29.8 Å². The molecule has 1 aliphatic rings.